The molecule has 9 heteroatoms. The van der Waals surface area contributed by atoms with Gasteiger partial charge in [0.1, 0.15) is 22.9 Å². The number of methoxy groups -OCH3 is 3. The molecule has 1 aliphatic carbocycles. The summed E-state index contributed by atoms with van der Waals surface area (Å²) in [5.74, 6) is 1.42. The van der Waals surface area contributed by atoms with E-state index in [1.54, 1.807) is 26.2 Å². The lowest BCUT2D eigenvalue weighted by Gasteiger charge is -2.47. The quantitative estimate of drug-likeness (QED) is 0.210. The van der Waals surface area contributed by atoms with Crippen LogP contribution in [0.4, 0.5) is 0 Å². The molecule has 44 heavy (non-hydrogen) atoms. The van der Waals surface area contributed by atoms with Crippen molar-refractivity contribution in [2.75, 3.05) is 21.3 Å². The van der Waals surface area contributed by atoms with Crippen LogP contribution in [0.15, 0.2) is 71.2 Å². The van der Waals surface area contributed by atoms with Crippen LogP contribution >= 0.6 is 15.9 Å². The van der Waals surface area contributed by atoms with E-state index in [0.29, 0.717) is 22.9 Å². The molecule has 1 atom stereocenters. The zero-order valence-electron chi connectivity index (χ0n) is 25.4. The van der Waals surface area contributed by atoms with Gasteiger partial charge in [0.25, 0.3) is 11.8 Å². The summed E-state index contributed by atoms with van der Waals surface area (Å²) in [6, 6.07) is 20.9. The number of amides is 2. The lowest BCUT2D eigenvalue weighted by molar-refractivity contribution is -0.136. The van der Waals surface area contributed by atoms with Crippen LogP contribution in [0.25, 0.3) is 10.9 Å². The van der Waals surface area contributed by atoms with E-state index in [1.165, 1.54) is 12.8 Å². The average Bonchev–Trinajstić information content (AvgIpc) is 3.24. The van der Waals surface area contributed by atoms with E-state index in [4.69, 9.17) is 14.2 Å². The van der Waals surface area contributed by atoms with Crippen molar-refractivity contribution in [3.05, 3.63) is 88.0 Å². The van der Waals surface area contributed by atoms with Crippen molar-refractivity contribution in [2.45, 2.75) is 63.2 Å². The minimum absolute atomic E-state index is 0.0420. The van der Waals surface area contributed by atoms with E-state index in [-0.39, 0.29) is 30.9 Å². The van der Waals surface area contributed by atoms with Crippen LogP contribution in [0, 0.1) is 0 Å². The first-order valence-corrected chi connectivity index (χ1v) is 16.0. The van der Waals surface area contributed by atoms with E-state index in [2.05, 4.69) is 21.2 Å². The molecule has 8 nitrogen and oxygen atoms in total. The maximum atomic E-state index is 15.0. The summed E-state index contributed by atoms with van der Waals surface area (Å²) < 4.78 is 20.0. The Balaban J connectivity index is 1.60. The summed E-state index contributed by atoms with van der Waals surface area (Å²) >= 11 is 3.59. The minimum atomic E-state index is -1.37. The molecular weight excluding hydrogens is 622 g/mol. The molecule has 2 heterocycles. The number of aromatic nitrogens is 1. The second kappa shape index (κ2) is 12.6. The van der Waals surface area contributed by atoms with Gasteiger partial charge in [0.15, 0.2) is 5.54 Å². The van der Waals surface area contributed by atoms with Crippen molar-refractivity contribution in [2.24, 2.45) is 0 Å². The number of hydrogen-bond donors (Lipinski definition) is 1. The van der Waals surface area contributed by atoms with E-state index < -0.39 is 5.54 Å². The highest BCUT2D eigenvalue weighted by atomic mass is 79.9. The number of hydrogen-bond acceptors (Lipinski definition) is 5. The van der Waals surface area contributed by atoms with Crippen molar-refractivity contribution in [3.8, 4) is 17.2 Å². The van der Waals surface area contributed by atoms with Crippen molar-refractivity contribution in [1.29, 1.82) is 0 Å². The van der Waals surface area contributed by atoms with Gasteiger partial charge in [-0.25, -0.2) is 0 Å². The average molecular weight is 661 g/mol. The SMILES string of the molecule is COc1ccc(Br)cc1CN1C(=O)c2cc3c(OC)ccc(OC)c3n2C[C@]1(C(=O)NC1CCCCCC1)c1ccccc1. The molecule has 1 saturated carbocycles. The Labute approximate surface area is 266 Å². The van der Waals surface area contributed by atoms with Crippen LogP contribution in [0.2, 0.25) is 0 Å². The van der Waals surface area contributed by atoms with Crippen LogP contribution in [0.5, 0.6) is 17.2 Å². The van der Waals surface area contributed by atoms with E-state index in [0.717, 1.165) is 52.2 Å². The molecule has 0 saturated heterocycles. The molecular formula is C35H38BrN3O5. The number of ether oxygens (including phenoxy) is 3. The number of carbonyl (C=O) groups excluding carboxylic acids is 2. The van der Waals surface area contributed by atoms with Gasteiger partial charge in [0.05, 0.1) is 39.9 Å². The second-order valence-corrected chi connectivity index (χ2v) is 12.5. The molecule has 1 fully saturated rings. The van der Waals surface area contributed by atoms with Crippen molar-refractivity contribution in [1.82, 2.24) is 14.8 Å². The monoisotopic (exact) mass is 659 g/mol. The summed E-state index contributed by atoms with van der Waals surface area (Å²) in [7, 11) is 4.84. The summed E-state index contributed by atoms with van der Waals surface area (Å²) in [4.78, 5) is 31.6. The number of nitrogens with one attached hydrogen (secondary N) is 1. The van der Waals surface area contributed by atoms with Gasteiger partial charge in [0.2, 0.25) is 0 Å². The predicted molar refractivity (Wildman–Crippen MR) is 173 cm³/mol. The number of rotatable bonds is 8. The number of benzene rings is 3. The number of fused-ring (bicyclic) bond motifs is 3. The summed E-state index contributed by atoms with van der Waals surface area (Å²) in [5.41, 5.74) is 1.34. The van der Waals surface area contributed by atoms with Crippen molar-refractivity contribution in [3.63, 3.8) is 0 Å². The molecule has 1 N–H and O–H groups in total. The maximum Gasteiger partial charge on any atom is 0.272 e. The van der Waals surface area contributed by atoms with Gasteiger partial charge in [-0.3, -0.25) is 9.59 Å². The minimum Gasteiger partial charge on any atom is -0.496 e. The Kier molecular flexibility index (Phi) is 8.58. The van der Waals surface area contributed by atoms with Gasteiger partial charge >= 0.3 is 0 Å². The van der Waals surface area contributed by atoms with Gasteiger partial charge in [-0.1, -0.05) is 71.9 Å². The van der Waals surface area contributed by atoms with Gasteiger partial charge in [-0.05, 0) is 54.8 Å². The Morgan fingerprint density at radius 1 is 0.886 bits per heavy atom. The molecule has 0 unspecified atom stereocenters. The third-order valence-corrected chi connectivity index (χ3v) is 9.62. The highest BCUT2D eigenvalue weighted by Crippen LogP contribution is 2.44. The summed E-state index contributed by atoms with van der Waals surface area (Å²) in [5, 5.41) is 4.18. The Morgan fingerprint density at radius 3 is 2.23 bits per heavy atom. The number of carbonyl (C=O) groups is 2. The first kappa shape index (κ1) is 30.1. The Morgan fingerprint density at radius 2 is 1.55 bits per heavy atom. The fourth-order valence-corrected chi connectivity index (χ4v) is 7.30. The zero-order chi connectivity index (χ0) is 30.8. The molecule has 2 aliphatic rings. The van der Waals surface area contributed by atoms with Crippen molar-refractivity contribution < 1.29 is 23.8 Å². The fourth-order valence-electron chi connectivity index (χ4n) is 6.90. The second-order valence-electron chi connectivity index (χ2n) is 11.6. The lowest BCUT2D eigenvalue weighted by atomic mass is 9.83. The topological polar surface area (TPSA) is 82.0 Å². The zero-order valence-corrected chi connectivity index (χ0v) is 27.0. The highest BCUT2D eigenvalue weighted by Gasteiger charge is 2.53. The van der Waals surface area contributed by atoms with Gasteiger partial charge in [-0.2, -0.15) is 0 Å². The van der Waals surface area contributed by atoms with E-state index in [1.807, 2.05) is 71.3 Å². The Bertz CT molecular complexity index is 1680. The number of nitrogens with zero attached hydrogens (tertiary/aromatic N) is 2. The highest BCUT2D eigenvalue weighted by molar-refractivity contribution is 9.10. The third-order valence-electron chi connectivity index (χ3n) is 9.12. The predicted octanol–water partition coefficient (Wildman–Crippen LogP) is 6.82. The first-order chi connectivity index (χ1) is 21.4. The van der Waals surface area contributed by atoms with Crippen LogP contribution in [-0.4, -0.2) is 48.7 Å². The summed E-state index contributed by atoms with van der Waals surface area (Å²) in [6.07, 6.45) is 6.34. The molecule has 3 aromatic carbocycles. The normalized spacial score (nSPS) is 18.9. The van der Waals surface area contributed by atoms with E-state index >= 15 is 0 Å². The van der Waals surface area contributed by atoms with Crippen LogP contribution in [0.3, 0.4) is 0 Å². The maximum absolute atomic E-state index is 15.0. The third kappa shape index (κ3) is 5.21. The van der Waals surface area contributed by atoms with Crippen molar-refractivity contribution >= 4 is 38.6 Å². The molecule has 0 radical (unpaired) electrons. The molecule has 1 aromatic heterocycles. The molecule has 0 spiro atoms. The molecule has 6 rings (SSSR count). The molecule has 2 amide bonds. The molecule has 230 valence electrons. The Hall–Kier alpha value is -3.98. The smallest absolute Gasteiger partial charge is 0.272 e. The fraction of sp³-hybridized carbons (Fsp3) is 0.371. The summed E-state index contributed by atoms with van der Waals surface area (Å²) in [6.45, 7) is 0.351. The number of halogens is 1. The lowest BCUT2D eigenvalue weighted by Crippen LogP contribution is -2.64. The largest absolute Gasteiger partial charge is 0.496 e. The molecule has 0 bridgehead atoms. The van der Waals surface area contributed by atoms with Gasteiger partial charge in [-0.15, -0.1) is 0 Å². The van der Waals surface area contributed by atoms with Crippen LogP contribution in [-0.2, 0) is 23.4 Å². The van der Waals surface area contributed by atoms with Crippen LogP contribution < -0.4 is 19.5 Å². The van der Waals surface area contributed by atoms with Gasteiger partial charge in [0, 0.05) is 21.5 Å². The standard InChI is InChI=1S/C35H38BrN3O5/c1-42-29-16-15-25(36)19-23(29)21-39-33(40)28-20-27-30(43-2)17-18-31(44-3)32(27)38(28)22-35(39,24-11-7-6-8-12-24)34(41)37-26-13-9-4-5-10-14-26/h6-8,11-12,15-20,26H,4-5,9-10,13-14,21-22H2,1-3H3,(H,37,41)/t35-/m1/s1. The van der Waals surface area contributed by atoms with Gasteiger partial charge < -0.3 is 29.0 Å². The molecule has 4 aromatic rings. The van der Waals surface area contributed by atoms with Crippen LogP contribution in [0.1, 0.15) is 60.1 Å². The first-order valence-electron chi connectivity index (χ1n) is 15.2. The van der Waals surface area contributed by atoms with E-state index in [9.17, 15) is 9.59 Å². The molecule has 1 aliphatic heterocycles.